The van der Waals surface area contributed by atoms with Gasteiger partial charge >= 0.3 is 0 Å². The first-order valence-electron chi connectivity index (χ1n) is 9.98. The van der Waals surface area contributed by atoms with Crippen LogP contribution >= 0.6 is 11.6 Å². The molecule has 0 aliphatic carbocycles. The van der Waals surface area contributed by atoms with E-state index < -0.39 is 0 Å². The van der Waals surface area contributed by atoms with Crippen LogP contribution in [-0.4, -0.2) is 39.9 Å². The van der Waals surface area contributed by atoms with Crippen molar-refractivity contribution < 1.29 is 9.47 Å². The average molecular weight is 416 g/mol. The molecule has 0 spiro atoms. The van der Waals surface area contributed by atoms with E-state index in [0.717, 1.165) is 54.9 Å². The van der Waals surface area contributed by atoms with Crippen LogP contribution in [0.2, 0.25) is 5.02 Å². The smallest absolute Gasteiger partial charge is 0.191 e. The van der Waals surface area contributed by atoms with Crippen molar-refractivity contribution in [2.75, 3.05) is 33.9 Å². The zero-order valence-electron chi connectivity index (χ0n) is 17.4. The van der Waals surface area contributed by atoms with Crippen LogP contribution < -0.4 is 15.4 Å². The maximum absolute atomic E-state index is 6.27. The molecule has 0 unspecified atom stereocenters. The molecule has 0 saturated carbocycles. The molecule has 0 atom stereocenters. The third-order valence-electron chi connectivity index (χ3n) is 5.59. The summed E-state index contributed by atoms with van der Waals surface area (Å²) in [6.07, 6.45) is 1.90. The predicted octanol–water partition coefficient (Wildman–Crippen LogP) is 4.07. The van der Waals surface area contributed by atoms with Crippen LogP contribution in [0.5, 0.6) is 5.75 Å². The summed E-state index contributed by atoms with van der Waals surface area (Å²) in [6, 6.07) is 14.4. The SMILES string of the molecule is CN=C(NCc1ccc(C)cc1OC)NCC1(c2cccc(Cl)c2)CCOCC1. The fourth-order valence-corrected chi connectivity index (χ4v) is 3.99. The lowest BCUT2D eigenvalue weighted by atomic mass is 9.74. The zero-order chi connectivity index (χ0) is 20.7. The van der Waals surface area contributed by atoms with E-state index in [9.17, 15) is 0 Å². The topological polar surface area (TPSA) is 54.9 Å². The van der Waals surface area contributed by atoms with Crippen molar-refractivity contribution in [2.24, 2.45) is 4.99 Å². The summed E-state index contributed by atoms with van der Waals surface area (Å²) in [7, 11) is 3.49. The molecule has 0 amide bonds. The molecule has 2 aromatic carbocycles. The lowest BCUT2D eigenvalue weighted by molar-refractivity contribution is 0.0514. The Morgan fingerprint density at radius 2 is 1.97 bits per heavy atom. The van der Waals surface area contributed by atoms with Crippen LogP contribution in [0.4, 0.5) is 0 Å². The van der Waals surface area contributed by atoms with Gasteiger partial charge in [-0.3, -0.25) is 4.99 Å². The second-order valence-corrected chi connectivity index (χ2v) is 7.93. The Hall–Kier alpha value is -2.24. The minimum Gasteiger partial charge on any atom is -0.496 e. The number of guanidine groups is 1. The van der Waals surface area contributed by atoms with Crippen molar-refractivity contribution in [2.45, 2.75) is 31.7 Å². The molecule has 1 saturated heterocycles. The van der Waals surface area contributed by atoms with Gasteiger partial charge in [0, 0.05) is 49.4 Å². The van der Waals surface area contributed by atoms with Gasteiger partial charge in [0.2, 0.25) is 0 Å². The number of nitrogens with zero attached hydrogens (tertiary/aromatic N) is 1. The molecule has 2 N–H and O–H groups in total. The van der Waals surface area contributed by atoms with Crippen LogP contribution in [0.15, 0.2) is 47.5 Å². The number of hydrogen-bond donors (Lipinski definition) is 2. The minimum atomic E-state index is -0.0255. The van der Waals surface area contributed by atoms with Crippen molar-refractivity contribution in [3.05, 3.63) is 64.2 Å². The van der Waals surface area contributed by atoms with E-state index in [0.29, 0.717) is 6.54 Å². The molecule has 1 heterocycles. The van der Waals surface area contributed by atoms with Crippen LogP contribution in [0.25, 0.3) is 0 Å². The zero-order valence-corrected chi connectivity index (χ0v) is 18.2. The number of hydrogen-bond acceptors (Lipinski definition) is 3. The van der Waals surface area contributed by atoms with E-state index in [1.54, 1.807) is 14.2 Å². The van der Waals surface area contributed by atoms with Crippen LogP contribution in [-0.2, 0) is 16.7 Å². The Bertz CT molecular complexity index is 848. The Morgan fingerprint density at radius 3 is 2.66 bits per heavy atom. The number of aliphatic imine (C=N–C) groups is 1. The lowest BCUT2D eigenvalue weighted by Crippen LogP contribution is -2.47. The molecular formula is C23H30ClN3O2. The summed E-state index contributed by atoms with van der Waals surface area (Å²) in [5.74, 6) is 1.65. The molecule has 3 rings (SSSR count). The summed E-state index contributed by atoms with van der Waals surface area (Å²) < 4.78 is 11.1. The maximum atomic E-state index is 6.27. The van der Waals surface area contributed by atoms with Crippen molar-refractivity contribution in [1.82, 2.24) is 10.6 Å². The van der Waals surface area contributed by atoms with Gasteiger partial charge in [-0.25, -0.2) is 0 Å². The van der Waals surface area contributed by atoms with Crippen molar-refractivity contribution in [3.63, 3.8) is 0 Å². The van der Waals surface area contributed by atoms with Crippen molar-refractivity contribution in [3.8, 4) is 5.75 Å². The molecule has 0 bridgehead atoms. The quantitative estimate of drug-likeness (QED) is 0.551. The lowest BCUT2D eigenvalue weighted by Gasteiger charge is -2.38. The van der Waals surface area contributed by atoms with Gasteiger partial charge in [-0.1, -0.05) is 35.9 Å². The third-order valence-corrected chi connectivity index (χ3v) is 5.83. The molecule has 1 aliphatic heterocycles. The Balaban J connectivity index is 1.68. The number of halogens is 1. The molecule has 5 nitrogen and oxygen atoms in total. The number of nitrogens with one attached hydrogen (secondary N) is 2. The molecule has 156 valence electrons. The molecule has 0 aromatic heterocycles. The van der Waals surface area contributed by atoms with Gasteiger partial charge in [-0.15, -0.1) is 0 Å². The van der Waals surface area contributed by atoms with Crippen molar-refractivity contribution >= 4 is 17.6 Å². The van der Waals surface area contributed by atoms with Gasteiger partial charge in [0.1, 0.15) is 5.75 Å². The Morgan fingerprint density at radius 1 is 1.17 bits per heavy atom. The number of ether oxygens (including phenoxy) is 2. The summed E-state index contributed by atoms with van der Waals surface area (Å²) >= 11 is 6.27. The highest BCUT2D eigenvalue weighted by atomic mass is 35.5. The largest absolute Gasteiger partial charge is 0.496 e. The number of benzene rings is 2. The fourth-order valence-electron chi connectivity index (χ4n) is 3.80. The van der Waals surface area contributed by atoms with Crippen LogP contribution in [0, 0.1) is 6.92 Å². The average Bonchev–Trinajstić information content (AvgIpc) is 2.75. The number of aryl methyl sites for hydroxylation is 1. The highest BCUT2D eigenvalue weighted by molar-refractivity contribution is 6.30. The summed E-state index contributed by atoms with van der Waals surface area (Å²) in [6.45, 7) is 4.96. The van der Waals surface area contributed by atoms with Gasteiger partial charge in [-0.05, 0) is 49.1 Å². The summed E-state index contributed by atoms with van der Waals surface area (Å²) in [5, 5.41) is 7.68. The Labute approximate surface area is 178 Å². The second-order valence-electron chi connectivity index (χ2n) is 7.50. The molecule has 6 heteroatoms. The van der Waals surface area contributed by atoms with E-state index in [1.165, 1.54) is 11.1 Å². The van der Waals surface area contributed by atoms with E-state index in [4.69, 9.17) is 21.1 Å². The van der Waals surface area contributed by atoms with Gasteiger partial charge in [0.05, 0.1) is 7.11 Å². The monoisotopic (exact) mass is 415 g/mol. The highest BCUT2D eigenvalue weighted by Crippen LogP contribution is 2.35. The standard InChI is InChI=1S/C23H30ClN3O2/c1-17-7-8-18(21(13-17)28-3)15-26-22(25-2)27-16-23(9-11-29-12-10-23)19-5-4-6-20(24)14-19/h4-8,13-14H,9-12,15-16H2,1-3H3,(H2,25,26,27). The summed E-state index contributed by atoms with van der Waals surface area (Å²) in [5.41, 5.74) is 3.49. The van der Waals surface area contributed by atoms with Gasteiger partial charge in [0.15, 0.2) is 5.96 Å². The number of rotatable bonds is 6. The minimum absolute atomic E-state index is 0.0255. The second kappa shape index (κ2) is 9.99. The van der Waals surface area contributed by atoms with Gasteiger partial charge in [0.25, 0.3) is 0 Å². The predicted molar refractivity (Wildman–Crippen MR) is 119 cm³/mol. The van der Waals surface area contributed by atoms with Crippen LogP contribution in [0.3, 0.4) is 0 Å². The molecule has 1 aliphatic rings. The maximum Gasteiger partial charge on any atom is 0.191 e. The Kier molecular flexibility index (Phi) is 7.40. The van der Waals surface area contributed by atoms with Crippen LogP contribution in [0.1, 0.15) is 29.5 Å². The first kappa shape index (κ1) is 21.5. The molecule has 29 heavy (non-hydrogen) atoms. The van der Waals surface area contributed by atoms with Crippen molar-refractivity contribution in [1.29, 1.82) is 0 Å². The molecule has 1 fully saturated rings. The fraction of sp³-hybridized carbons (Fsp3) is 0.435. The highest BCUT2D eigenvalue weighted by Gasteiger charge is 2.34. The molecular weight excluding hydrogens is 386 g/mol. The van der Waals surface area contributed by atoms with E-state index in [2.05, 4.69) is 46.8 Å². The first-order valence-corrected chi connectivity index (χ1v) is 10.4. The van der Waals surface area contributed by atoms with E-state index >= 15 is 0 Å². The molecule has 0 radical (unpaired) electrons. The third kappa shape index (κ3) is 5.43. The first-order chi connectivity index (χ1) is 14.1. The van der Waals surface area contributed by atoms with Gasteiger partial charge in [-0.2, -0.15) is 0 Å². The molecule has 2 aromatic rings. The van der Waals surface area contributed by atoms with E-state index in [1.807, 2.05) is 18.2 Å². The summed E-state index contributed by atoms with van der Waals surface area (Å²) in [4.78, 5) is 4.40. The number of methoxy groups -OCH3 is 1. The van der Waals surface area contributed by atoms with E-state index in [-0.39, 0.29) is 5.41 Å². The van der Waals surface area contributed by atoms with Gasteiger partial charge < -0.3 is 20.1 Å². The normalized spacial score (nSPS) is 16.3.